The maximum Gasteiger partial charge on any atom is 0.342 e. The molecule has 0 amide bonds. The fraction of sp³-hybridized carbons (Fsp3) is 0.0417. The topological polar surface area (TPSA) is 57.9 Å². The minimum atomic E-state index is -0.382. The van der Waals surface area contributed by atoms with E-state index >= 15 is 0 Å². The van der Waals surface area contributed by atoms with Gasteiger partial charge in [0.05, 0.1) is 5.56 Å². The van der Waals surface area contributed by atoms with Crippen LogP contribution in [0.15, 0.2) is 82.0 Å². The Hall–Kier alpha value is -2.53. The highest BCUT2D eigenvalue weighted by Crippen LogP contribution is 2.31. The average molecular weight is 638 g/mol. The summed E-state index contributed by atoms with van der Waals surface area (Å²) >= 11 is 3.66. The third-order valence-electron chi connectivity index (χ3n) is 4.59. The summed E-state index contributed by atoms with van der Waals surface area (Å²) in [5.41, 5.74) is 2.68. The summed E-state index contributed by atoms with van der Waals surface area (Å²) in [6.45, 7) is 0.145. The molecule has 0 saturated heterocycles. The minimum absolute atomic E-state index is 0.145. The molecule has 0 radical (unpaired) electrons. The lowest BCUT2D eigenvalue weighted by molar-refractivity contribution is 0.300. The molecule has 4 rings (SSSR count). The summed E-state index contributed by atoms with van der Waals surface area (Å²) < 4.78 is 21.7. The number of ether oxygens (including phenoxy) is 1. The second kappa shape index (κ2) is 10.2. The van der Waals surface area contributed by atoms with Gasteiger partial charge in [0.25, 0.3) is 0 Å². The maximum absolute atomic E-state index is 12.1. The van der Waals surface area contributed by atoms with Gasteiger partial charge in [-0.15, -0.1) is 0 Å². The van der Waals surface area contributed by atoms with Gasteiger partial charge in [-0.05, 0) is 47.5 Å². The van der Waals surface area contributed by atoms with Gasteiger partial charge in [0.2, 0.25) is 0 Å². The molecule has 0 unspecified atom stereocenters. The zero-order valence-electron chi connectivity index (χ0n) is 16.1. The summed E-state index contributed by atoms with van der Waals surface area (Å²) in [5, 5.41) is 0.871. The predicted molar refractivity (Wildman–Crippen MR) is 138 cm³/mol. The second-order valence-electron chi connectivity index (χ2n) is 6.65. The molecular weight excluding hydrogens is 622 g/mol. The Balaban J connectivity index is 1.42. The molecule has 31 heavy (non-hydrogen) atoms. The van der Waals surface area contributed by atoms with Crippen molar-refractivity contribution in [2.45, 2.75) is 6.61 Å². The Bertz CT molecular complexity index is 1280. The van der Waals surface area contributed by atoms with E-state index in [4.69, 9.17) is 15.3 Å². The van der Waals surface area contributed by atoms with Crippen LogP contribution in [0.4, 0.5) is 0 Å². The van der Waals surface area contributed by atoms with Gasteiger partial charge in [0, 0.05) is 5.39 Å². The van der Waals surface area contributed by atoms with Crippen molar-refractivity contribution in [3.63, 3.8) is 0 Å². The molecular formula is C24H16I2O5. The molecule has 0 aliphatic carbocycles. The van der Waals surface area contributed by atoms with E-state index in [1.807, 2.05) is 119 Å². The summed E-state index contributed by atoms with van der Waals surface area (Å²) in [5.74, 6) is 2.02. The van der Waals surface area contributed by atoms with E-state index in [1.165, 1.54) is 0 Å². The second-order valence-corrected chi connectivity index (χ2v) is 7.53. The molecule has 0 atom stereocenters. The van der Waals surface area contributed by atoms with Gasteiger partial charge >= 0.3 is 5.63 Å². The highest BCUT2D eigenvalue weighted by atomic mass is 127. The zero-order chi connectivity index (χ0) is 21.6. The summed E-state index contributed by atoms with van der Waals surface area (Å²) in [6.07, 6.45) is 3.99. The van der Waals surface area contributed by atoms with Crippen LogP contribution in [0, 0.1) is 0 Å². The quantitative estimate of drug-likeness (QED) is 0.124. The van der Waals surface area contributed by atoms with Crippen molar-refractivity contribution in [3.05, 3.63) is 99.9 Å². The molecule has 0 fully saturated rings. The number of para-hydroxylation sites is 1. The lowest BCUT2D eigenvalue weighted by atomic mass is 10.1. The Kier molecular flexibility index (Phi) is 7.13. The lowest BCUT2D eigenvalue weighted by Gasteiger charge is -2.07. The van der Waals surface area contributed by atoms with Crippen LogP contribution in [0.2, 0.25) is 0 Å². The fourth-order valence-corrected chi connectivity index (χ4v) is 3.69. The number of rotatable bonds is 7. The molecule has 1 aromatic heterocycles. The molecule has 0 saturated carbocycles. The van der Waals surface area contributed by atoms with Gasteiger partial charge in [-0.25, -0.2) is 4.79 Å². The summed E-state index contributed by atoms with van der Waals surface area (Å²) in [6, 6.07) is 22.6. The van der Waals surface area contributed by atoms with Crippen LogP contribution < -0.4 is 16.5 Å². The van der Waals surface area contributed by atoms with Gasteiger partial charge in [-0.1, -0.05) is 48.6 Å². The Morgan fingerprint density at radius 2 is 1.52 bits per heavy atom. The predicted octanol–water partition coefficient (Wildman–Crippen LogP) is 7.00. The van der Waals surface area contributed by atoms with Gasteiger partial charge < -0.3 is 15.3 Å². The monoisotopic (exact) mass is 638 g/mol. The number of halogens is 2. The summed E-state index contributed by atoms with van der Waals surface area (Å²) in [7, 11) is 0. The molecule has 5 nitrogen and oxygen atoms in total. The molecule has 0 N–H and O–H groups in total. The van der Waals surface area contributed by atoms with Gasteiger partial charge in [0.15, 0.2) is 57.5 Å². The standard InChI is InChI=1S/C24H16I2O5/c25-30-22-12-9-17(13-23(22)31-26)6-5-16-7-10-20(11-8-16)28-15-19-14-18-3-1-2-4-21(18)29-24(19)27/h1-14H,15H2/b6-5+. The van der Waals surface area contributed by atoms with E-state index in [-0.39, 0.29) is 12.2 Å². The Labute approximate surface area is 207 Å². The molecule has 0 aliphatic heterocycles. The van der Waals surface area contributed by atoms with Crippen molar-refractivity contribution >= 4 is 69.1 Å². The van der Waals surface area contributed by atoms with Gasteiger partial charge in [-0.3, -0.25) is 0 Å². The smallest absolute Gasteiger partial charge is 0.342 e. The van der Waals surface area contributed by atoms with E-state index in [2.05, 4.69) is 0 Å². The van der Waals surface area contributed by atoms with E-state index in [1.54, 1.807) is 12.1 Å². The van der Waals surface area contributed by atoms with Crippen LogP contribution in [0.5, 0.6) is 17.2 Å². The SMILES string of the molecule is O=c1oc2ccccc2cc1COc1ccc(/C=C/c2ccc(OI)c(OI)c2)cc1. The number of hydrogen-bond donors (Lipinski definition) is 0. The van der Waals surface area contributed by atoms with Crippen molar-refractivity contribution < 1.29 is 15.3 Å². The minimum Gasteiger partial charge on any atom is -0.489 e. The van der Waals surface area contributed by atoms with Crippen molar-refractivity contribution in [1.29, 1.82) is 0 Å². The van der Waals surface area contributed by atoms with Gasteiger partial charge in [-0.2, -0.15) is 0 Å². The zero-order valence-corrected chi connectivity index (χ0v) is 20.4. The van der Waals surface area contributed by atoms with Crippen LogP contribution in [0.1, 0.15) is 16.7 Å². The van der Waals surface area contributed by atoms with Crippen LogP contribution in [0.3, 0.4) is 0 Å². The van der Waals surface area contributed by atoms with E-state index in [0.29, 0.717) is 28.4 Å². The molecule has 0 aliphatic rings. The van der Waals surface area contributed by atoms with Gasteiger partial charge in [0.1, 0.15) is 17.9 Å². The van der Waals surface area contributed by atoms with Crippen LogP contribution in [-0.4, -0.2) is 0 Å². The largest absolute Gasteiger partial charge is 0.489 e. The van der Waals surface area contributed by atoms with Crippen molar-refractivity contribution in [2.24, 2.45) is 0 Å². The van der Waals surface area contributed by atoms with Crippen LogP contribution >= 0.6 is 46.0 Å². The molecule has 7 heteroatoms. The fourth-order valence-electron chi connectivity index (χ4n) is 2.99. The third-order valence-corrected chi connectivity index (χ3v) is 5.54. The van der Waals surface area contributed by atoms with Crippen molar-refractivity contribution in [1.82, 2.24) is 0 Å². The molecule has 0 bridgehead atoms. The van der Waals surface area contributed by atoms with Crippen molar-refractivity contribution in [2.75, 3.05) is 0 Å². The number of hydrogen-bond acceptors (Lipinski definition) is 5. The molecule has 0 spiro atoms. The normalized spacial score (nSPS) is 11.0. The molecule has 156 valence electrons. The van der Waals surface area contributed by atoms with E-state index in [0.717, 1.165) is 16.5 Å². The maximum atomic E-state index is 12.1. The first-order chi connectivity index (χ1) is 15.2. The van der Waals surface area contributed by atoms with E-state index < -0.39 is 0 Å². The highest BCUT2D eigenvalue weighted by Gasteiger charge is 2.07. The number of fused-ring (bicyclic) bond motifs is 1. The average Bonchev–Trinajstić information content (AvgIpc) is 2.81. The summed E-state index contributed by atoms with van der Waals surface area (Å²) in [4.78, 5) is 12.1. The third kappa shape index (κ3) is 5.40. The first-order valence-electron chi connectivity index (χ1n) is 9.30. The van der Waals surface area contributed by atoms with Crippen LogP contribution in [0.25, 0.3) is 23.1 Å². The first kappa shape index (κ1) is 21.7. The Morgan fingerprint density at radius 3 is 2.29 bits per heavy atom. The highest BCUT2D eigenvalue weighted by molar-refractivity contribution is 14.1. The molecule has 4 aromatic rings. The van der Waals surface area contributed by atoms with E-state index in [9.17, 15) is 4.79 Å². The van der Waals surface area contributed by atoms with Crippen LogP contribution in [-0.2, 0) is 6.61 Å². The molecule has 3 aromatic carbocycles. The first-order valence-corrected chi connectivity index (χ1v) is 11.1. The van der Waals surface area contributed by atoms with Crippen molar-refractivity contribution in [3.8, 4) is 17.2 Å². The number of benzene rings is 3. The Morgan fingerprint density at radius 1 is 0.806 bits per heavy atom. The lowest BCUT2D eigenvalue weighted by Crippen LogP contribution is -2.10. The molecule has 1 heterocycles.